The fourth-order valence-corrected chi connectivity index (χ4v) is 2.29. The van der Waals surface area contributed by atoms with Crippen molar-refractivity contribution in [3.05, 3.63) is 27.3 Å². The second-order valence-corrected chi connectivity index (χ2v) is 5.43. The summed E-state index contributed by atoms with van der Waals surface area (Å²) in [6.45, 7) is 1.75. The molecule has 1 rings (SSSR count). The molecule has 0 aromatic heterocycles. The molecule has 104 valence electrons. The quantitative estimate of drug-likeness (QED) is 0.799. The molecule has 0 aliphatic rings. The van der Waals surface area contributed by atoms with E-state index >= 15 is 0 Å². The van der Waals surface area contributed by atoms with Crippen molar-refractivity contribution >= 4 is 34.5 Å². The van der Waals surface area contributed by atoms with Gasteiger partial charge in [-0.2, -0.15) is 0 Å². The van der Waals surface area contributed by atoms with Crippen LogP contribution >= 0.6 is 22.6 Å². The van der Waals surface area contributed by atoms with Crippen molar-refractivity contribution in [1.82, 2.24) is 4.90 Å². The Morgan fingerprint density at radius 3 is 2.58 bits per heavy atom. The lowest BCUT2D eigenvalue weighted by Gasteiger charge is -2.20. The van der Waals surface area contributed by atoms with Crippen LogP contribution in [0.2, 0.25) is 0 Å². The molecule has 0 radical (unpaired) electrons. The molecule has 1 N–H and O–H groups in total. The van der Waals surface area contributed by atoms with E-state index in [9.17, 15) is 9.59 Å². The summed E-state index contributed by atoms with van der Waals surface area (Å²) in [7, 11) is 3.16. The molecule has 1 atom stereocenters. The average Bonchev–Trinajstić information content (AvgIpc) is 2.37. The van der Waals surface area contributed by atoms with Crippen molar-refractivity contribution in [3.8, 4) is 5.75 Å². The van der Waals surface area contributed by atoms with E-state index in [2.05, 4.69) is 22.6 Å². The lowest BCUT2D eigenvalue weighted by molar-refractivity contribution is -0.141. The summed E-state index contributed by atoms with van der Waals surface area (Å²) in [6, 6.07) is 5.16. The van der Waals surface area contributed by atoms with Crippen LogP contribution in [0, 0.1) is 9.49 Å². The second-order valence-electron chi connectivity index (χ2n) is 4.27. The molecule has 1 aromatic rings. The highest BCUT2D eigenvalue weighted by Gasteiger charge is 2.20. The van der Waals surface area contributed by atoms with Gasteiger partial charge in [0.2, 0.25) is 0 Å². The van der Waals surface area contributed by atoms with Crippen molar-refractivity contribution in [2.24, 2.45) is 5.92 Å². The number of carboxylic acid groups (broad SMARTS) is 1. The molecule has 0 heterocycles. The summed E-state index contributed by atoms with van der Waals surface area (Å²) in [4.78, 5) is 24.4. The second kappa shape index (κ2) is 6.74. The molecule has 0 aliphatic heterocycles. The molecule has 5 nitrogen and oxygen atoms in total. The zero-order chi connectivity index (χ0) is 14.6. The number of halogens is 1. The third-order valence-corrected chi connectivity index (χ3v) is 3.62. The molecular weight excluding hydrogens is 361 g/mol. The van der Waals surface area contributed by atoms with Crippen LogP contribution in [0.3, 0.4) is 0 Å². The highest BCUT2D eigenvalue weighted by Crippen LogP contribution is 2.20. The van der Waals surface area contributed by atoms with Gasteiger partial charge < -0.3 is 14.7 Å². The first kappa shape index (κ1) is 15.7. The summed E-state index contributed by atoms with van der Waals surface area (Å²) in [6.07, 6.45) is 0. The van der Waals surface area contributed by atoms with Crippen molar-refractivity contribution in [3.63, 3.8) is 0 Å². The Balaban J connectivity index is 2.85. The van der Waals surface area contributed by atoms with Crippen LogP contribution < -0.4 is 4.74 Å². The lowest BCUT2D eigenvalue weighted by Crippen LogP contribution is -2.34. The molecule has 1 amide bonds. The van der Waals surface area contributed by atoms with Crippen molar-refractivity contribution in [2.75, 3.05) is 20.7 Å². The summed E-state index contributed by atoms with van der Waals surface area (Å²) >= 11 is 2.06. The third-order valence-electron chi connectivity index (χ3n) is 2.72. The minimum Gasteiger partial charge on any atom is -0.497 e. The van der Waals surface area contributed by atoms with Crippen molar-refractivity contribution in [2.45, 2.75) is 6.92 Å². The van der Waals surface area contributed by atoms with E-state index in [1.54, 1.807) is 39.3 Å². The SMILES string of the molecule is COc1ccc(C(=O)N(C)CC(C)C(=O)O)c(I)c1. The van der Waals surface area contributed by atoms with Crippen LogP contribution in [-0.2, 0) is 4.79 Å². The highest BCUT2D eigenvalue weighted by molar-refractivity contribution is 14.1. The predicted molar refractivity (Wildman–Crippen MR) is 79.5 cm³/mol. The van der Waals surface area contributed by atoms with Gasteiger partial charge in [0.05, 0.1) is 18.6 Å². The van der Waals surface area contributed by atoms with Crippen LogP contribution in [0.25, 0.3) is 0 Å². The number of aliphatic carboxylic acids is 1. The molecule has 6 heteroatoms. The highest BCUT2D eigenvalue weighted by atomic mass is 127. The summed E-state index contributed by atoms with van der Waals surface area (Å²) < 4.78 is 5.85. The molecule has 19 heavy (non-hydrogen) atoms. The first-order valence-corrected chi connectivity index (χ1v) is 6.76. The van der Waals surface area contributed by atoms with Crippen LogP contribution in [0.5, 0.6) is 5.75 Å². The maximum Gasteiger partial charge on any atom is 0.308 e. The first-order chi connectivity index (χ1) is 8.86. The fourth-order valence-electron chi connectivity index (χ4n) is 1.57. The number of methoxy groups -OCH3 is 1. The van der Waals surface area contributed by atoms with Gasteiger partial charge in [-0.25, -0.2) is 0 Å². The van der Waals surface area contributed by atoms with Crippen molar-refractivity contribution in [1.29, 1.82) is 0 Å². The number of nitrogens with zero attached hydrogens (tertiary/aromatic N) is 1. The Morgan fingerprint density at radius 2 is 2.11 bits per heavy atom. The van der Waals surface area contributed by atoms with E-state index < -0.39 is 11.9 Å². The molecular formula is C13H16INO4. The number of ether oxygens (including phenoxy) is 1. The Hall–Kier alpha value is -1.31. The normalized spacial score (nSPS) is 11.8. The summed E-state index contributed by atoms with van der Waals surface area (Å²) in [5.74, 6) is -1.02. The monoisotopic (exact) mass is 377 g/mol. The zero-order valence-corrected chi connectivity index (χ0v) is 13.2. The van der Waals surface area contributed by atoms with Gasteiger partial charge in [-0.15, -0.1) is 0 Å². The van der Waals surface area contributed by atoms with E-state index in [0.717, 1.165) is 3.57 Å². The number of hydrogen-bond acceptors (Lipinski definition) is 3. The maximum atomic E-state index is 12.2. The number of hydrogen-bond donors (Lipinski definition) is 1. The molecule has 0 spiro atoms. The molecule has 0 fully saturated rings. The topological polar surface area (TPSA) is 66.8 Å². The van der Waals surface area contributed by atoms with Gasteiger partial charge >= 0.3 is 5.97 Å². The standard InChI is InChI=1S/C13H16INO4/c1-8(13(17)18)7-15(2)12(16)10-5-4-9(19-3)6-11(10)14/h4-6,8H,7H2,1-3H3,(H,17,18). The van der Waals surface area contributed by atoms with Gasteiger partial charge in [-0.1, -0.05) is 6.92 Å². The maximum absolute atomic E-state index is 12.2. The lowest BCUT2D eigenvalue weighted by atomic mass is 10.1. The number of carboxylic acids is 1. The molecule has 0 bridgehead atoms. The van der Waals surface area contributed by atoms with Crippen molar-refractivity contribution < 1.29 is 19.4 Å². The molecule has 0 aliphatic carbocycles. The Labute approximate surface area is 125 Å². The minimum atomic E-state index is -0.913. The Bertz CT molecular complexity index is 490. The molecule has 1 unspecified atom stereocenters. The van der Waals surface area contributed by atoms with Crippen LogP contribution in [0.1, 0.15) is 17.3 Å². The van der Waals surface area contributed by atoms with E-state index in [4.69, 9.17) is 9.84 Å². The summed E-state index contributed by atoms with van der Waals surface area (Å²) in [5, 5.41) is 8.85. The number of carbonyl (C=O) groups excluding carboxylic acids is 1. The zero-order valence-electron chi connectivity index (χ0n) is 11.0. The van der Waals surface area contributed by atoms with E-state index in [1.807, 2.05) is 0 Å². The molecule has 0 saturated carbocycles. The molecule has 0 saturated heterocycles. The van der Waals surface area contributed by atoms with E-state index in [0.29, 0.717) is 11.3 Å². The summed E-state index contributed by atoms with van der Waals surface area (Å²) in [5.41, 5.74) is 0.543. The van der Waals surface area contributed by atoms with Crippen LogP contribution in [0.15, 0.2) is 18.2 Å². The largest absolute Gasteiger partial charge is 0.497 e. The number of benzene rings is 1. The molecule has 1 aromatic carbocycles. The van der Waals surface area contributed by atoms with E-state index in [1.165, 1.54) is 4.90 Å². The number of rotatable bonds is 5. The smallest absolute Gasteiger partial charge is 0.308 e. The first-order valence-electron chi connectivity index (χ1n) is 5.68. The average molecular weight is 377 g/mol. The Kier molecular flexibility index (Phi) is 5.59. The van der Waals surface area contributed by atoms with E-state index in [-0.39, 0.29) is 12.5 Å². The van der Waals surface area contributed by atoms with Gasteiger partial charge in [0, 0.05) is 17.2 Å². The van der Waals surface area contributed by atoms with Gasteiger partial charge in [-0.05, 0) is 40.8 Å². The van der Waals surface area contributed by atoms with Gasteiger partial charge in [0.1, 0.15) is 5.75 Å². The fraction of sp³-hybridized carbons (Fsp3) is 0.385. The number of amides is 1. The Morgan fingerprint density at radius 1 is 1.47 bits per heavy atom. The predicted octanol–water partition coefficient (Wildman–Crippen LogP) is 2.09. The van der Waals surface area contributed by atoms with Crippen LogP contribution in [-0.4, -0.2) is 42.6 Å². The van der Waals surface area contributed by atoms with Crippen LogP contribution in [0.4, 0.5) is 0 Å². The van der Waals surface area contributed by atoms with Gasteiger partial charge in [0.15, 0.2) is 0 Å². The minimum absolute atomic E-state index is 0.177. The third kappa shape index (κ3) is 4.09. The van der Waals surface area contributed by atoms with Gasteiger partial charge in [-0.3, -0.25) is 9.59 Å². The van der Waals surface area contributed by atoms with Gasteiger partial charge in [0.25, 0.3) is 5.91 Å². The number of carbonyl (C=O) groups is 2.